The molecule has 19 heavy (non-hydrogen) atoms. The van der Waals surface area contributed by atoms with Crippen LogP contribution in [0.25, 0.3) is 0 Å². The molecular weight excluding hydrogens is 234 g/mol. The van der Waals surface area contributed by atoms with Crippen LogP contribution in [0, 0.1) is 5.92 Å². The van der Waals surface area contributed by atoms with Crippen molar-refractivity contribution < 1.29 is 4.79 Å². The summed E-state index contributed by atoms with van der Waals surface area (Å²) in [6, 6.07) is 0. The third-order valence-corrected chi connectivity index (χ3v) is 4.07. The Morgan fingerprint density at radius 2 is 1.26 bits per heavy atom. The van der Waals surface area contributed by atoms with Crippen molar-refractivity contribution in [1.29, 1.82) is 0 Å². The molecule has 0 rings (SSSR count). The Kier molecular flexibility index (Phi) is 13.5. The number of hydrogen-bond donors (Lipinski definition) is 1. The lowest BCUT2D eigenvalue weighted by Gasteiger charge is -2.07. The van der Waals surface area contributed by atoms with Crippen molar-refractivity contribution in [3.8, 4) is 0 Å². The maximum absolute atomic E-state index is 10.5. The predicted octanol–water partition coefficient (Wildman–Crippen LogP) is 5.20. The zero-order chi connectivity index (χ0) is 14.3. The highest BCUT2D eigenvalue weighted by molar-refractivity contribution is 5.73. The van der Waals surface area contributed by atoms with E-state index in [0.717, 1.165) is 18.8 Å². The van der Waals surface area contributed by atoms with Crippen molar-refractivity contribution in [2.75, 3.05) is 0 Å². The first kappa shape index (κ1) is 18.5. The SMILES string of the molecule is CC[C@@H](C)CCCCCCCCCCCCC(N)=O. The van der Waals surface area contributed by atoms with Crippen LogP contribution in [-0.4, -0.2) is 5.91 Å². The second-order valence-electron chi connectivity index (χ2n) is 6.05. The van der Waals surface area contributed by atoms with Gasteiger partial charge in [-0.25, -0.2) is 0 Å². The molecule has 0 aromatic rings. The molecule has 0 aliphatic heterocycles. The molecule has 0 aliphatic rings. The van der Waals surface area contributed by atoms with Crippen molar-refractivity contribution in [3.63, 3.8) is 0 Å². The number of amides is 1. The van der Waals surface area contributed by atoms with Crippen LogP contribution in [0.3, 0.4) is 0 Å². The molecule has 1 atom stereocenters. The highest BCUT2D eigenvalue weighted by atomic mass is 16.1. The third kappa shape index (κ3) is 15.4. The molecule has 114 valence electrons. The van der Waals surface area contributed by atoms with Gasteiger partial charge in [-0.3, -0.25) is 4.79 Å². The quantitative estimate of drug-likeness (QED) is 0.433. The normalized spacial score (nSPS) is 12.5. The van der Waals surface area contributed by atoms with E-state index in [1.807, 2.05) is 0 Å². The van der Waals surface area contributed by atoms with Crippen molar-refractivity contribution in [1.82, 2.24) is 0 Å². The number of carbonyl (C=O) groups excluding carboxylic acids is 1. The maximum Gasteiger partial charge on any atom is 0.217 e. The summed E-state index contributed by atoms with van der Waals surface area (Å²) in [5, 5.41) is 0. The predicted molar refractivity (Wildman–Crippen MR) is 84.1 cm³/mol. The van der Waals surface area contributed by atoms with Gasteiger partial charge in [0, 0.05) is 6.42 Å². The lowest BCUT2D eigenvalue weighted by atomic mass is 9.99. The Balaban J connectivity index is 3.01. The summed E-state index contributed by atoms with van der Waals surface area (Å²) >= 11 is 0. The van der Waals surface area contributed by atoms with Gasteiger partial charge in [-0.1, -0.05) is 84.5 Å². The van der Waals surface area contributed by atoms with Gasteiger partial charge in [0.2, 0.25) is 5.91 Å². The van der Waals surface area contributed by atoms with E-state index in [4.69, 9.17) is 5.73 Å². The minimum atomic E-state index is -0.155. The Morgan fingerprint density at radius 1 is 0.842 bits per heavy atom. The molecule has 0 radical (unpaired) electrons. The minimum absolute atomic E-state index is 0.155. The van der Waals surface area contributed by atoms with Gasteiger partial charge >= 0.3 is 0 Å². The molecule has 0 aromatic carbocycles. The fraction of sp³-hybridized carbons (Fsp3) is 0.941. The molecule has 0 saturated heterocycles. The van der Waals surface area contributed by atoms with Crippen LogP contribution in [0.15, 0.2) is 0 Å². The van der Waals surface area contributed by atoms with E-state index in [1.165, 1.54) is 64.2 Å². The molecule has 0 saturated carbocycles. The summed E-state index contributed by atoms with van der Waals surface area (Å²) in [6.07, 6.45) is 16.4. The number of hydrogen-bond acceptors (Lipinski definition) is 1. The molecule has 2 heteroatoms. The Hall–Kier alpha value is -0.530. The maximum atomic E-state index is 10.5. The largest absolute Gasteiger partial charge is 0.370 e. The molecule has 0 heterocycles. The van der Waals surface area contributed by atoms with Crippen molar-refractivity contribution >= 4 is 5.91 Å². The van der Waals surface area contributed by atoms with Crippen LogP contribution in [-0.2, 0) is 4.79 Å². The number of unbranched alkanes of at least 4 members (excludes halogenated alkanes) is 9. The van der Waals surface area contributed by atoms with Crippen LogP contribution in [0.2, 0.25) is 0 Å². The Bertz CT molecular complexity index is 203. The third-order valence-electron chi connectivity index (χ3n) is 4.07. The van der Waals surface area contributed by atoms with E-state index >= 15 is 0 Å². The standard InChI is InChI=1S/C17H35NO/c1-3-16(2)14-12-10-8-6-4-5-7-9-11-13-15-17(18)19/h16H,3-15H2,1-2H3,(H2,18,19)/t16-/m1/s1. The fourth-order valence-electron chi connectivity index (χ4n) is 2.41. The zero-order valence-corrected chi connectivity index (χ0v) is 13.3. The van der Waals surface area contributed by atoms with Crippen LogP contribution in [0.5, 0.6) is 0 Å². The highest BCUT2D eigenvalue weighted by Gasteiger charge is 1.98. The lowest BCUT2D eigenvalue weighted by Crippen LogP contribution is -2.09. The van der Waals surface area contributed by atoms with Gasteiger partial charge < -0.3 is 5.73 Å². The second-order valence-corrected chi connectivity index (χ2v) is 6.05. The first-order valence-corrected chi connectivity index (χ1v) is 8.45. The van der Waals surface area contributed by atoms with Crippen LogP contribution in [0.4, 0.5) is 0 Å². The van der Waals surface area contributed by atoms with Gasteiger partial charge in [-0.2, -0.15) is 0 Å². The molecule has 0 bridgehead atoms. The molecule has 0 aliphatic carbocycles. The topological polar surface area (TPSA) is 43.1 Å². The Morgan fingerprint density at radius 3 is 1.68 bits per heavy atom. The van der Waals surface area contributed by atoms with E-state index in [2.05, 4.69) is 13.8 Å². The number of nitrogens with two attached hydrogens (primary N) is 1. The first-order chi connectivity index (χ1) is 9.16. The number of carbonyl (C=O) groups is 1. The molecule has 1 amide bonds. The summed E-state index contributed by atoms with van der Waals surface area (Å²) in [7, 11) is 0. The molecule has 2 nitrogen and oxygen atoms in total. The molecule has 0 unspecified atom stereocenters. The van der Waals surface area contributed by atoms with E-state index in [1.54, 1.807) is 0 Å². The van der Waals surface area contributed by atoms with E-state index in [9.17, 15) is 4.79 Å². The minimum Gasteiger partial charge on any atom is -0.370 e. The van der Waals surface area contributed by atoms with Crippen molar-refractivity contribution in [3.05, 3.63) is 0 Å². The molecule has 0 aromatic heterocycles. The van der Waals surface area contributed by atoms with Gasteiger partial charge in [0.25, 0.3) is 0 Å². The second kappa shape index (κ2) is 13.9. The van der Waals surface area contributed by atoms with Crippen molar-refractivity contribution in [2.24, 2.45) is 11.7 Å². The Labute approximate surface area is 120 Å². The summed E-state index contributed by atoms with van der Waals surface area (Å²) in [4.78, 5) is 10.5. The van der Waals surface area contributed by atoms with Crippen molar-refractivity contribution in [2.45, 2.75) is 97.3 Å². The van der Waals surface area contributed by atoms with Crippen LogP contribution in [0.1, 0.15) is 97.3 Å². The smallest absolute Gasteiger partial charge is 0.217 e. The van der Waals surface area contributed by atoms with Crippen LogP contribution >= 0.6 is 0 Å². The van der Waals surface area contributed by atoms with E-state index < -0.39 is 0 Å². The van der Waals surface area contributed by atoms with Gasteiger partial charge in [0.1, 0.15) is 0 Å². The average Bonchev–Trinajstić information content (AvgIpc) is 2.39. The summed E-state index contributed by atoms with van der Waals surface area (Å²) in [5.41, 5.74) is 5.10. The molecular formula is C17H35NO. The van der Waals surface area contributed by atoms with Gasteiger partial charge in [0.05, 0.1) is 0 Å². The first-order valence-electron chi connectivity index (χ1n) is 8.45. The van der Waals surface area contributed by atoms with E-state index in [0.29, 0.717) is 6.42 Å². The number of primary amides is 1. The van der Waals surface area contributed by atoms with Gasteiger partial charge in [-0.05, 0) is 12.3 Å². The van der Waals surface area contributed by atoms with E-state index in [-0.39, 0.29) is 5.91 Å². The summed E-state index contributed by atoms with van der Waals surface area (Å²) in [6.45, 7) is 4.65. The molecule has 0 fully saturated rings. The zero-order valence-electron chi connectivity index (χ0n) is 13.3. The number of rotatable bonds is 14. The highest BCUT2D eigenvalue weighted by Crippen LogP contribution is 2.15. The summed E-state index contributed by atoms with van der Waals surface area (Å²) in [5.74, 6) is 0.762. The van der Waals surface area contributed by atoms with Crippen LogP contribution < -0.4 is 5.73 Å². The monoisotopic (exact) mass is 269 g/mol. The molecule has 2 N–H and O–H groups in total. The summed E-state index contributed by atoms with van der Waals surface area (Å²) < 4.78 is 0. The lowest BCUT2D eigenvalue weighted by molar-refractivity contribution is -0.118. The fourth-order valence-corrected chi connectivity index (χ4v) is 2.41. The van der Waals surface area contributed by atoms with Gasteiger partial charge in [0.15, 0.2) is 0 Å². The van der Waals surface area contributed by atoms with Gasteiger partial charge in [-0.15, -0.1) is 0 Å². The average molecular weight is 269 g/mol. The molecule has 0 spiro atoms.